The molecule has 5 rings (SSSR count). The number of piperidine rings is 1. The van der Waals surface area contributed by atoms with Crippen LogP contribution in [-0.2, 0) is 11.3 Å². The van der Waals surface area contributed by atoms with Crippen molar-refractivity contribution in [1.82, 2.24) is 19.5 Å². The number of furan rings is 1. The standard InChI is InChI=1S/C22H29N5O2/c1-15-4-5-18(29-15)14-26-8-2-3-17(13-26)19-11-21(23)27-22(24-19)12-20(25-27)16-6-9-28-10-7-16/h4-5,11-12,16-17H,2-3,6-10,13-14,23H2,1H3/t17-/m0/s1. The van der Waals surface area contributed by atoms with Crippen LogP contribution in [0.3, 0.4) is 0 Å². The smallest absolute Gasteiger partial charge is 0.157 e. The minimum Gasteiger partial charge on any atom is -0.465 e. The van der Waals surface area contributed by atoms with Crippen LogP contribution in [0.15, 0.2) is 28.7 Å². The molecular weight excluding hydrogens is 366 g/mol. The van der Waals surface area contributed by atoms with Crippen LogP contribution in [0.1, 0.15) is 60.4 Å². The van der Waals surface area contributed by atoms with Crippen LogP contribution >= 0.6 is 0 Å². The number of nitrogens with zero attached hydrogens (tertiary/aromatic N) is 4. The highest BCUT2D eigenvalue weighted by atomic mass is 16.5. The van der Waals surface area contributed by atoms with Gasteiger partial charge in [-0.25, -0.2) is 4.98 Å². The number of hydrogen-bond donors (Lipinski definition) is 1. The molecule has 154 valence electrons. The van der Waals surface area contributed by atoms with Crippen LogP contribution in [0.25, 0.3) is 5.65 Å². The summed E-state index contributed by atoms with van der Waals surface area (Å²) in [5, 5.41) is 4.75. The van der Waals surface area contributed by atoms with Crippen molar-refractivity contribution in [3.05, 3.63) is 47.2 Å². The van der Waals surface area contributed by atoms with E-state index in [1.54, 1.807) is 4.52 Å². The van der Waals surface area contributed by atoms with Crippen molar-refractivity contribution in [2.75, 3.05) is 32.0 Å². The van der Waals surface area contributed by atoms with Crippen molar-refractivity contribution in [3.8, 4) is 0 Å². The van der Waals surface area contributed by atoms with Crippen molar-refractivity contribution in [2.24, 2.45) is 0 Å². The molecule has 2 aliphatic heterocycles. The molecule has 3 aromatic heterocycles. The van der Waals surface area contributed by atoms with Gasteiger partial charge in [-0.15, -0.1) is 0 Å². The van der Waals surface area contributed by atoms with E-state index >= 15 is 0 Å². The first-order chi connectivity index (χ1) is 14.2. The molecule has 29 heavy (non-hydrogen) atoms. The molecule has 0 aliphatic carbocycles. The molecule has 3 aromatic rings. The summed E-state index contributed by atoms with van der Waals surface area (Å²) in [6.45, 7) is 6.52. The molecule has 7 heteroatoms. The van der Waals surface area contributed by atoms with Gasteiger partial charge in [0, 0.05) is 43.7 Å². The molecule has 2 saturated heterocycles. The Morgan fingerprint density at radius 2 is 1.97 bits per heavy atom. The molecule has 0 saturated carbocycles. The van der Waals surface area contributed by atoms with Crippen molar-refractivity contribution in [3.63, 3.8) is 0 Å². The topological polar surface area (TPSA) is 81.8 Å². The van der Waals surface area contributed by atoms with Crippen LogP contribution in [-0.4, -0.2) is 45.8 Å². The Hall–Kier alpha value is -2.38. The lowest BCUT2D eigenvalue weighted by molar-refractivity contribution is 0.0844. The predicted molar refractivity (Wildman–Crippen MR) is 111 cm³/mol. The third-order valence-electron chi connectivity index (χ3n) is 6.23. The maximum atomic E-state index is 6.37. The van der Waals surface area contributed by atoms with Crippen LogP contribution in [0.5, 0.6) is 0 Å². The normalized spacial score (nSPS) is 21.8. The van der Waals surface area contributed by atoms with Gasteiger partial charge in [0.1, 0.15) is 17.3 Å². The summed E-state index contributed by atoms with van der Waals surface area (Å²) < 4.78 is 13.0. The third kappa shape index (κ3) is 3.89. The average Bonchev–Trinajstić information content (AvgIpc) is 3.35. The number of rotatable bonds is 4. The summed E-state index contributed by atoms with van der Waals surface area (Å²) in [5.74, 6) is 3.49. The molecule has 1 atom stereocenters. The summed E-state index contributed by atoms with van der Waals surface area (Å²) >= 11 is 0. The van der Waals surface area contributed by atoms with Crippen molar-refractivity contribution < 1.29 is 9.15 Å². The van der Waals surface area contributed by atoms with Crippen LogP contribution < -0.4 is 5.73 Å². The summed E-state index contributed by atoms with van der Waals surface area (Å²) in [5.41, 5.74) is 9.40. The first-order valence-corrected chi connectivity index (χ1v) is 10.7. The van der Waals surface area contributed by atoms with Crippen LogP contribution in [0, 0.1) is 6.92 Å². The Morgan fingerprint density at radius 1 is 1.10 bits per heavy atom. The van der Waals surface area contributed by atoms with E-state index in [9.17, 15) is 0 Å². The fourth-order valence-electron chi connectivity index (χ4n) is 4.67. The fourth-order valence-corrected chi connectivity index (χ4v) is 4.67. The Balaban J connectivity index is 1.36. The Labute approximate surface area is 170 Å². The Morgan fingerprint density at radius 3 is 2.76 bits per heavy atom. The quantitative estimate of drug-likeness (QED) is 0.728. The number of aromatic nitrogens is 3. The minimum atomic E-state index is 0.383. The van der Waals surface area contributed by atoms with Gasteiger partial charge in [0.2, 0.25) is 0 Å². The van der Waals surface area contributed by atoms with E-state index in [0.29, 0.717) is 17.7 Å². The molecular formula is C22H29N5O2. The van der Waals surface area contributed by atoms with Gasteiger partial charge < -0.3 is 14.9 Å². The third-order valence-corrected chi connectivity index (χ3v) is 6.23. The van der Waals surface area contributed by atoms with Crippen molar-refractivity contribution >= 4 is 11.5 Å². The maximum absolute atomic E-state index is 6.37. The molecule has 2 fully saturated rings. The molecule has 2 N–H and O–H groups in total. The molecule has 0 bridgehead atoms. The average molecular weight is 396 g/mol. The van der Waals surface area contributed by atoms with Gasteiger partial charge in [-0.1, -0.05) is 0 Å². The first-order valence-electron chi connectivity index (χ1n) is 10.7. The SMILES string of the molecule is Cc1ccc(CN2CCC[C@H](c3cc(N)n4nc(C5CCOCC5)cc4n3)C2)o1. The van der Waals surface area contributed by atoms with E-state index in [0.717, 1.165) is 87.1 Å². The lowest BCUT2D eigenvalue weighted by Gasteiger charge is -2.31. The van der Waals surface area contributed by atoms with Crippen molar-refractivity contribution in [2.45, 2.75) is 51.0 Å². The number of nitrogen functional groups attached to an aromatic ring is 1. The summed E-state index contributed by atoms with van der Waals surface area (Å²) in [6.07, 6.45) is 4.32. The zero-order valence-corrected chi connectivity index (χ0v) is 17.0. The molecule has 0 radical (unpaired) electrons. The molecule has 7 nitrogen and oxygen atoms in total. The number of nitrogens with two attached hydrogens (primary N) is 1. The zero-order valence-electron chi connectivity index (χ0n) is 17.0. The number of fused-ring (bicyclic) bond motifs is 1. The first kappa shape index (κ1) is 18.6. The number of likely N-dealkylation sites (tertiary alicyclic amines) is 1. The fraction of sp³-hybridized carbons (Fsp3) is 0.545. The maximum Gasteiger partial charge on any atom is 0.157 e. The van der Waals surface area contributed by atoms with Crippen molar-refractivity contribution in [1.29, 1.82) is 0 Å². The summed E-state index contributed by atoms with van der Waals surface area (Å²) in [6, 6.07) is 8.23. The number of anilines is 1. The molecule has 0 unspecified atom stereocenters. The van der Waals surface area contributed by atoms with Gasteiger partial charge in [-0.2, -0.15) is 9.61 Å². The highest BCUT2D eigenvalue weighted by Gasteiger charge is 2.25. The van der Waals surface area contributed by atoms with E-state index < -0.39 is 0 Å². The van der Waals surface area contributed by atoms with E-state index in [1.807, 2.05) is 19.1 Å². The second kappa shape index (κ2) is 7.80. The summed E-state index contributed by atoms with van der Waals surface area (Å²) in [4.78, 5) is 7.42. The number of aryl methyl sites for hydroxylation is 1. The highest BCUT2D eigenvalue weighted by molar-refractivity contribution is 5.49. The largest absolute Gasteiger partial charge is 0.465 e. The lowest BCUT2D eigenvalue weighted by atomic mass is 9.94. The van der Waals surface area contributed by atoms with Gasteiger partial charge in [0.15, 0.2) is 5.65 Å². The highest BCUT2D eigenvalue weighted by Crippen LogP contribution is 2.30. The van der Waals surface area contributed by atoms with E-state index in [-0.39, 0.29) is 0 Å². The summed E-state index contributed by atoms with van der Waals surface area (Å²) in [7, 11) is 0. The second-order valence-electron chi connectivity index (χ2n) is 8.42. The predicted octanol–water partition coefficient (Wildman–Crippen LogP) is 3.49. The van der Waals surface area contributed by atoms with Gasteiger partial charge in [-0.3, -0.25) is 4.90 Å². The molecule has 5 heterocycles. The second-order valence-corrected chi connectivity index (χ2v) is 8.42. The molecule has 0 spiro atoms. The minimum absolute atomic E-state index is 0.383. The number of ether oxygens (including phenoxy) is 1. The monoisotopic (exact) mass is 395 g/mol. The lowest BCUT2D eigenvalue weighted by Crippen LogP contribution is -2.34. The van der Waals surface area contributed by atoms with E-state index in [1.165, 1.54) is 0 Å². The zero-order chi connectivity index (χ0) is 19.8. The van der Waals surface area contributed by atoms with Crippen LogP contribution in [0.2, 0.25) is 0 Å². The van der Waals surface area contributed by atoms with Gasteiger partial charge in [0.25, 0.3) is 0 Å². The van der Waals surface area contributed by atoms with E-state index in [4.69, 9.17) is 25.0 Å². The van der Waals surface area contributed by atoms with Gasteiger partial charge >= 0.3 is 0 Å². The molecule has 0 amide bonds. The Bertz CT molecular complexity index is 988. The molecule has 0 aromatic carbocycles. The number of hydrogen-bond acceptors (Lipinski definition) is 6. The van der Waals surface area contributed by atoms with Crippen LogP contribution in [0.4, 0.5) is 5.82 Å². The van der Waals surface area contributed by atoms with Gasteiger partial charge in [-0.05, 0) is 51.3 Å². The Kier molecular flexibility index (Phi) is 5.01. The molecule has 2 aliphatic rings. The van der Waals surface area contributed by atoms with E-state index in [2.05, 4.69) is 17.0 Å². The van der Waals surface area contributed by atoms with Gasteiger partial charge in [0.05, 0.1) is 17.9 Å².